The number of nitrogens with one attached hydrogen (secondary N) is 2. The minimum Gasteiger partial charge on any atom is -0.338 e. The van der Waals surface area contributed by atoms with Crippen molar-refractivity contribution in [1.29, 1.82) is 0 Å². The molecule has 1 fully saturated rings. The Bertz CT molecular complexity index is 317. The maximum absolute atomic E-state index is 11.9. The van der Waals surface area contributed by atoms with Crippen LogP contribution in [0.25, 0.3) is 0 Å². The van der Waals surface area contributed by atoms with Gasteiger partial charge < -0.3 is 11.1 Å². The molecule has 1 rings (SSSR count). The molecular formula is C13H27ClN4O2. The Balaban J connectivity index is 0.00000361. The summed E-state index contributed by atoms with van der Waals surface area (Å²) < 4.78 is 0. The fraction of sp³-hybridized carbons (Fsp3) is 0.846. The van der Waals surface area contributed by atoms with Crippen molar-refractivity contribution in [2.75, 3.05) is 19.6 Å². The first kappa shape index (κ1) is 19.1. The molecule has 0 aromatic carbocycles. The summed E-state index contributed by atoms with van der Waals surface area (Å²) in [4.78, 5) is 25.3. The van der Waals surface area contributed by atoms with E-state index in [1.54, 1.807) is 0 Å². The Kier molecular flexibility index (Phi) is 8.76. The number of rotatable bonds is 4. The van der Waals surface area contributed by atoms with E-state index in [1.165, 1.54) is 0 Å². The monoisotopic (exact) mass is 306 g/mol. The molecule has 0 aromatic rings. The van der Waals surface area contributed by atoms with E-state index in [2.05, 4.69) is 15.5 Å². The first-order valence-corrected chi connectivity index (χ1v) is 7.04. The molecule has 20 heavy (non-hydrogen) atoms. The van der Waals surface area contributed by atoms with Gasteiger partial charge in [0.25, 0.3) is 0 Å². The summed E-state index contributed by atoms with van der Waals surface area (Å²) in [5.74, 6) is 0.292. The zero-order valence-electron chi connectivity index (χ0n) is 12.5. The summed E-state index contributed by atoms with van der Waals surface area (Å²) in [6.07, 6.45) is 2.02. The van der Waals surface area contributed by atoms with E-state index in [1.807, 2.05) is 20.8 Å². The quantitative estimate of drug-likeness (QED) is 0.713. The average Bonchev–Trinajstić information content (AvgIpc) is 2.38. The van der Waals surface area contributed by atoms with Crippen LogP contribution in [0.15, 0.2) is 0 Å². The highest BCUT2D eigenvalue weighted by molar-refractivity contribution is 5.96. The van der Waals surface area contributed by atoms with Crippen LogP contribution in [0, 0.1) is 5.92 Å². The van der Waals surface area contributed by atoms with Crippen molar-refractivity contribution in [2.45, 2.75) is 45.7 Å². The number of carbonyl (C=O) groups excluding carboxylic acids is 2. The van der Waals surface area contributed by atoms with Crippen LogP contribution >= 0.6 is 12.4 Å². The molecule has 1 aliphatic rings. The van der Waals surface area contributed by atoms with Crippen molar-refractivity contribution in [3.63, 3.8) is 0 Å². The first-order valence-electron chi connectivity index (χ1n) is 7.04. The highest BCUT2D eigenvalue weighted by atomic mass is 35.5. The summed E-state index contributed by atoms with van der Waals surface area (Å²) in [5, 5.41) is 4.91. The number of halogens is 1. The molecule has 1 aliphatic heterocycles. The van der Waals surface area contributed by atoms with Gasteiger partial charge in [0.15, 0.2) is 0 Å². The van der Waals surface area contributed by atoms with E-state index in [0.29, 0.717) is 12.5 Å². The number of hydrogen-bond acceptors (Lipinski definition) is 4. The Morgan fingerprint density at radius 3 is 2.30 bits per heavy atom. The molecule has 2 unspecified atom stereocenters. The van der Waals surface area contributed by atoms with Gasteiger partial charge in [-0.2, -0.15) is 0 Å². The van der Waals surface area contributed by atoms with Gasteiger partial charge in [0.1, 0.15) is 0 Å². The molecular weight excluding hydrogens is 280 g/mol. The van der Waals surface area contributed by atoms with Crippen LogP contribution in [0.5, 0.6) is 0 Å². The summed E-state index contributed by atoms with van der Waals surface area (Å²) in [6, 6.07) is -0.497. The van der Waals surface area contributed by atoms with Gasteiger partial charge in [-0.05, 0) is 52.6 Å². The number of piperidine rings is 1. The van der Waals surface area contributed by atoms with Gasteiger partial charge in [-0.3, -0.25) is 15.0 Å². The standard InChI is InChI=1S/C13H26N4O2.ClH/c1-4-15-13(19)16-12(18)10(3)17-7-5-11(6-8-17)9(2)14;/h9-11H,4-8,14H2,1-3H3,(H2,15,16,18,19);1H. The van der Waals surface area contributed by atoms with Crippen molar-refractivity contribution in [1.82, 2.24) is 15.5 Å². The smallest absolute Gasteiger partial charge is 0.321 e. The maximum atomic E-state index is 11.9. The largest absolute Gasteiger partial charge is 0.338 e. The number of imide groups is 1. The molecule has 1 saturated heterocycles. The molecule has 6 nitrogen and oxygen atoms in total. The lowest BCUT2D eigenvalue weighted by molar-refractivity contribution is -0.125. The SMILES string of the molecule is CCNC(=O)NC(=O)C(C)N1CCC(C(C)N)CC1.Cl. The number of amides is 3. The van der Waals surface area contributed by atoms with E-state index < -0.39 is 6.03 Å². The second kappa shape index (κ2) is 9.15. The van der Waals surface area contributed by atoms with Gasteiger partial charge in [-0.25, -0.2) is 4.79 Å². The van der Waals surface area contributed by atoms with Gasteiger partial charge in [-0.1, -0.05) is 0 Å². The van der Waals surface area contributed by atoms with Crippen molar-refractivity contribution in [2.24, 2.45) is 11.7 Å². The van der Waals surface area contributed by atoms with E-state index in [0.717, 1.165) is 25.9 Å². The summed E-state index contributed by atoms with van der Waals surface area (Å²) in [5.41, 5.74) is 5.90. The van der Waals surface area contributed by atoms with Gasteiger partial charge in [0.2, 0.25) is 5.91 Å². The summed E-state index contributed by atoms with van der Waals surface area (Å²) >= 11 is 0. The van der Waals surface area contributed by atoms with Crippen LogP contribution < -0.4 is 16.4 Å². The molecule has 1 heterocycles. The lowest BCUT2D eigenvalue weighted by atomic mass is 9.90. The molecule has 3 amide bonds. The van der Waals surface area contributed by atoms with Crippen LogP contribution in [-0.4, -0.2) is 48.6 Å². The van der Waals surface area contributed by atoms with E-state index >= 15 is 0 Å². The third-order valence-corrected chi connectivity index (χ3v) is 3.82. The van der Waals surface area contributed by atoms with Crippen LogP contribution in [-0.2, 0) is 4.79 Å². The molecule has 0 saturated carbocycles. The number of nitrogens with zero attached hydrogens (tertiary/aromatic N) is 1. The van der Waals surface area contributed by atoms with E-state index in [9.17, 15) is 9.59 Å². The minimum absolute atomic E-state index is 0. The Morgan fingerprint density at radius 1 is 1.30 bits per heavy atom. The Labute approximate surface area is 127 Å². The van der Waals surface area contributed by atoms with Crippen LogP contribution in [0.3, 0.4) is 0 Å². The van der Waals surface area contributed by atoms with E-state index in [4.69, 9.17) is 5.73 Å². The van der Waals surface area contributed by atoms with Crippen molar-refractivity contribution in [3.05, 3.63) is 0 Å². The van der Waals surface area contributed by atoms with Crippen molar-refractivity contribution in [3.8, 4) is 0 Å². The molecule has 0 spiro atoms. The lowest BCUT2D eigenvalue weighted by Crippen LogP contribution is -2.52. The number of likely N-dealkylation sites (tertiary alicyclic amines) is 1. The van der Waals surface area contributed by atoms with Crippen LogP contribution in [0.2, 0.25) is 0 Å². The normalized spacial score (nSPS) is 19.6. The summed E-state index contributed by atoms with van der Waals surface area (Å²) in [7, 11) is 0. The molecule has 2 atom stereocenters. The molecule has 7 heteroatoms. The zero-order chi connectivity index (χ0) is 14.4. The highest BCUT2D eigenvalue weighted by Gasteiger charge is 2.28. The van der Waals surface area contributed by atoms with Gasteiger partial charge in [-0.15, -0.1) is 12.4 Å². The third-order valence-electron chi connectivity index (χ3n) is 3.82. The van der Waals surface area contributed by atoms with Crippen molar-refractivity contribution < 1.29 is 9.59 Å². The van der Waals surface area contributed by atoms with Crippen LogP contribution in [0.1, 0.15) is 33.6 Å². The van der Waals surface area contributed by atoms with Crippen molar-refractivity contribution >= 4 is 24.3 Å². The van der Waals surface area contributed by atoms with E-state index in [-0.39, 0.29) is 30.4 Å². The lowest BCUT2D eigenvalue weighted by Gasteiger charge is -2.36. The fourth-order valence-electron chi connectivity index (χ4n) is 2.42. The predicted octanol–water partition coefficient (Wildman–Crippen LogP) is 0.702. The topological polar surface area (TPSA) is 87.5 Å². The second-order valence-electron chi connectivity index (χ2n) is 5.26. The number of urea groups is 1. The number of nitrogens with two attached hydrogens (primary N) is 1. The number of hydrogen-bond donors (Lipinski definition) is 3. The fourth-order valence-corrected chi connectivity index (χ4v) is 2.42. The highest BCUT2D eigenvalue weighted by Crippen LogP contribution is 2.20. The minimum atomic E-state index is -0.426. The third kappa shape index (κ3) is 5.64. The zero-order valence-corrected chi connectivity index (χ0v) is 13.3. The molecule has 0 aromatic heterocycles. The maximum Gasteiger partial charge on any atom is 0.321 e. The van der Waals surface area contributed by atoms with Crippen LogP contribution in [0.4, 0.5) is 4.79 Å². The molecule has 4 N–H and O–H groups in total. The molecule has 0 aliphatic carbocycles. The van der Waals surface area contributed by atoms with Gasteiger partial charge >= 0.3 is 6.03 Å². The van der Waals surface area contributed by atoms with Gasteiger partial charge in [0, 0.05) is 12.6 Å². The molecule has 118 valence electrons. The average molecular weight is 307 g/mol. The first-order chi connectivity index (χ1) is 8.95. The summed E-state index contributed by atoms with van der Waals surface area (Å²) in [6.45, 7) is 7.90. The predicted molar refractivity (Wildman–Crippen MR) is 81.9 cm³/mol. The Morgan fingerprint density at radius 2 is 1.85 bits per heavy atom. The van der Waals surface area contributed by atoms with Gasteiger partial charge in [0.05, 0.1) is 6.04 Å². The Hall–Kier alpha value is -0.850. The second-order valence-corrected chi connectivity index (χ2v) is 5.26. The molecule has 0 radical (unpaired) electrons. The number of carbonyl (C=O) groups is 2. The molecule has 0 bridgehead atoms.